The maximum Gasteiger partial charge on any atom is 0.323 e. The van der Waals surface area contributed by atoms with Crippen LogP contribution < -0.4 is 0 Å². The van der Waals surface area contributed by atoms with Crippen LogP contribution in [0.5, 0.6) is 0 Å². The van der Waals surface area contributed by atoms with E-state index in [0.717, 1.165) is 18.2 Å². The van der Waals surface area contributed by atoms with E-state index in [1.54, 1.807) is 6.92 Å². The van der Waals surface area contributed by atoms with Gasteiger partial charge in [-0.25, -0.2) is 0 Å². The van der Waals surface area contributed by atoms with Gasteiger partial charge in [0.05, 0.1) is 6.10 Å². The number of aliphatic hydroxyl groups is 1. The van der Waals surface area contributed by atoms with E-state index < -0.39 is 6.10 Å². The van der Waals surface area contributed by atoms with Crippen LogP contribution in [0.3, 0.4) is 0 Å². The molecule has 0 aliphatic rings. The van der Waals surface area contributed by atoms with Crippen LogP contribution in [0.4, 0.5) is 0 Å². The van der Waals surface area contributed by atoms with Crippen molar-refractivity contribution in [1.82, 2.24) is 0 Å². The molecule has 0 fully saturated rings. The van der Waals surface area contributed by atoms with Gasteiger partial charge in [0.1, 0.15) is 0 Å². The second-order valence-corrected chi connectivity index (χ2v) is 2.79. The van der Waals surface area contributed by atoms with Crippen molar-refractivity contribution in [1.29, 1.82) is 0 Å². The van der Waals surface area contributed by atoms with E-state index in [1.807, 2.05) is 13.0 Å². The number of nitrogens with zero attached hydrogens (tertiary/aromatic N) is 2. The lowest BCUT2D eigenvalue weighted by molar-refractivity contribution is -0.117. The van der Waals surface area contributed by atoms with Crippen LogP contribution in [0, 0.1) is 0 Å². The van der Waals surface area contributed by atoms with Gasteiger partial charge in [0.2, 0.25) is 5.78 Å². The normalized spacial score (nSPS) is 13.3. The fourth-order valence-corrected chi connectivity index (χ4v) is 0.927. The van der Waals surface area contributed by atoms with Gasteiger partial charge in [0.25, 0.3) is 0 Å². The van der Waals surface area contributed by atoms with Gasteiger partial charge in [-0.2, -0.15) is 4.79 Å². The SMILES string of the molecule is CC/C=C(\C)C(O)CC(=O)C=[N+]=[N-]. The molecular weight excluding hydrogens is 168 g/mol. The Hall–Kier alpha value is -1.25. The third kappa shape index (κ3) is 5.06. The Kier molecular flexibility index (Phi) is 5.68. The van der Waals surface area contributed by atoms with Crippen LogP contribution in [-0.4, -0.2) is 28.0 Å². The summed E-state index contributed by atoms with van der Waals surface area (Å²) >= 11 is 0. The van der Waals surface area contributed by atoms with E-state index in [4.69, 9.17) is 5.53 Å². The Morgan fingerprint density at radius 2 is 2.31 bits per heavy atom. The summed E-state index contributed by atoms with van der Waals surface area (Å²) in [6, 6.07) is 0. The number of carbonyl (C=O) groups excluding carboxylic acids is 1. The van der Waals surface area contributed by atoms with Crippen molar-refractivity contribution in [2.24, 2.45) is 0 Å². The molecule has 13 heavy (non-hydrogen) atoms. The highest BCUT2D eigenvalue weighted by molar-refractivity contribution is 6.25. The van der Waals surface area contributed by atoms with E-state index in [0.29, 0.717) is 0 Å². The smallest absolute Gasteiger partial charge is 0.323 e. The summed E-state index contributed by atoms with van der Waals surface area (Å²) in [4.78, 5) is 13.5. The molecular formula is C9H14N2O2. The molecule has 0 amide bonds. The molecule has 0 aromatic carbocycles. The first-order chi connectivity index (χ1) is 6.11. The van der Waals surface area contributed by atoms with Crippen LogP contribution in [0.25, 0.3) is 5.53 Å². The lowest BCUT2D eigenvalue weighted by Crippen LogP contribution is -2.15. The van der Waals surface area contributed by atoms with Crippen LogP contribution in [0.1, 0.15) is 26.7 Å². The Balaban J connectivity index is 4.14. The largest absolute Gasteiger partial charge is 0.388 e. The van der Waals surface area contributed by atoms with E-state index in [1.165, 1.54) is 0 Å². The van der Waals surface area contributed by atoms with Crippen LogP contribution in [0.15, 0.2) is 11.6 Å². The number of ketones is 1. The molecule has 0 spiro atoms. The molecule has 0 rings (SSSR count). The van der Waals surface area contributed by atoms with Gasteiger partial charge in [0, 0.05) is 6.42 Å². The first kappa shape index (κ1) is 11.8. The number of hydrogen-bond acceptors (Lipinski definition) is 2. The minimum Gasteiger partial charge on any atom is -0.388 e. The molecule has 0 saturated heterocycles. The Morgan fingerprint density at radius 3 is 2.77 bits per heavy atom. The zero-order valence-electron chi connectivity index (χ0n) is 7.90. The van der Waals surface area contributed by atoms with Crippen molar-refractivity contribution in [3.63, 3.8) is 0 Å². The number of aliphatic hydroxyl groups excluding tert-OH is 1. The quantitative estimate of drug-likeness (QED) is 0.297. The zero-order chi connectivity index (χ0) is 10.3. The molecule has 0 aliphatic carbocycles. The molecule has 0 radical (unpaired) electrons. The molecule has 0 aromatic heterocycles. The molecule has 4 nitrogen and oxygen atoms in total. The van der Waals surface area contributed by atoms with Crippen LogP contribution >= 0.6 is 0 Å². The number of rotatable bonds is 5. The standard InChI is InChI=1S/C9H14N2O2/c1-3-4-7(2)9(13)5-8(12)6-11-10/h4,6,9,13H,3,5H2,1-2H3/b7-4+. The minimum atomic E-state index is -0.773. The van der Waals surface area contributed by atoms with Crippen molar-refractivity contribution in [2.45, 2.75) is 32.8 Å². The summed E-state index contributed by atoms with van der Waals surface area (Å²) in [7, 11) is 0. The van der Waals surface area contributed by atoms with Crippen molar-refractivity contribution >= 4 is 12.0 Å². The maximum atomic E-state index is 10.9. The highest BCUT2D eigenvalue weighted by Crippen LogP contribution is 2.06. The van der Waals surface area contributed by atoms with E-state index in [-0.39, 0.29) is 12.2 Å². The molecule has 1 N–H and O–H groups in total. The van der Waals surface area contributed by atoms with Crippen molar-refractivity contribution in [2.75, 3.05) is 0 Å². The fourth-order valence-electron chi connectivity index (χ4n) is 0.927. The van der Waals surface area contributed by atoms with Gasteiger partial charge in [0.15, 0.2) is 0 Å². The van der Waals surface area contributed by atoms with Crippen molar-refractivity contribution < 1.29 is 14.7 Å². The van der Waals surface area contributed by atoms with Crippen molar-refractivity contribution in [3.8, 4) is 0 Å². The van der Waals surface area contributed by atoms with Gasteiger partial charge in [-0.3, -0.25) is 4.79 Å². The Bertz CT molecular complexity index is 252. The average Bonchev–Trinajstić information content (AvgIpc) is 2.05. The van der Waals surface area contributed by atoms with Gasteiger partial charge < -0.3 is 10.6 Å². The van der Waals surface area contributed by atoms with Gasteiger partial charge in [-0.1, -0.05) is 13.0 Å². The summed E-state index contributed by atoms with van der Waals surface area (Å²) in [6.07, 6.45) is 2.67. The predicted octanol–water partition coefficient (Wildman–Crippen LogP) is 0.963. The third-order valence-corrected chi connectivity index (χ3v) is 1.65. The molecule has 0 heterocycles. The second kappa shape index (κ2) is 6.29. The Morgan fingerprint density at radius 1 is 1.69 bits per heavy atom. The molecule has 1 atom stereocenters. The van der Waals surface area contributed by atoms with Gasteiger partial charge >= 0.3 is 6.21 Å². The molecule has 0 saturated carbocycles. The number of Topliss-reactive ketones (excluding diaryl/α,β-unsaturated/α-hetero) is 1. The minimum absolute atomic E-state index is 0.0353. The zero-order valence-corrected chi connectivity index (χ0v) is 7.90. The summed E-state index contributed by atoms with van der Waals surface area (Å²) in [5.41, 5.74) is 8.81. The summed E-state index contributed by atoms with van der Waals surface area (Å²) < 4.78 is 0. The topological polar surface area (TPSA) is 73.7 Å². The monoisotopic (exact) mass is 182 g/mol. The fraction of sp³-hybridized carbons (Fsp3) is 0.556. The van der Waals surface area contributed by atoms with Gasteiger partial charge in [-0.05, 0) is 18.9 Å². The third-order valence-electron chi connectivity index (χ3n) is 1.65. The lowest BCUT2D eigenvalue weighted by Gasteiger charge is -2.07. The average molecular weight is 182 g/mol. The highest BCUT2D eigenvalue weighted by Gasteiger charge is 2.12. The predicted molar refractivity (Wildman–Crippen MR) is 49.4 cm³/mol. The van der Waals surface area contributed by atoms with Crippen LogP contribution in [0.2, 0.25) is 0 Å². The molecule has 1 unspecified atom stereocenters. The first-order valence-electron chi connectivity index (χ1n) is 4.16. The molecule has 0 bridgehead atoms. The summed E-state index contributed by atoms with van der Waals surface area (Å²) in [5.74, 6) is -0.390. The lowest BCUT2D eigenvalue weighted by atomic mass is 10.1. The van der Waals surface area contributed by atoms with Crippen molar-refractivity contribution in [3.05, 3.63) is 17.2 Å². The molecule has 72 valence electrons. The molecule has 4 heteroatoms. The van der Waals surface area contributed by atoms with Gasteiger partial charge in [-0.15, -0.1) is 0 Å². The molecule has 0 aromatic rings. The molecule has 0 aliphatic heterocycles. The van der Waals surface area contributed by atoms with E-state index in [9.17, 15) is 9.90 Å². The second-order valence-electron chi connectivity index (χ2n) is 2.79. The number of hydrogen-bond donors (Lipinski definition) is 1. The number of carbonyl (C=O) groups is 1. The first-order valence-corrected chi connectivity index (χ1v) is 4.16. The van der Waals surface area contributed by atoms with E-state index >= 15 is 0 Å². The highest BCUT2D eigenvalue weighted by atomic mass is 16.3. The Labute approximate surface area is 77.5 Å². The van der Waals surface area contributed by atoms with Crippen LogP contribution in [-0.2, 0) is 4.79 Å². The summed E-state index contributed by atoms with van der Waals surface area (Å²) in [6.45, 7) is 3.71. The van der Waals surface area contributed by atoms with E-state index in [2.05, 4.69) is 4.79 Å². The number of allylic oxidation sites excluding steroid dienone is 1. The maximum absolute atomic E-state index is 10.9. The summed E-state index contributed by atoms with van der Waals surface area (Å²) in [5, 5.41) is 9.41.